The third-order valence-electron chi connectivity index (χ3n) is 3.00. The number of rotatable bonds is 5. The maximum absolute atomic E-state index is 5.37. The Balaban J connectivity index is 1.85. The maximum Gasteiger partial charge on any atom is 0.0912 e. The number of morpholine rings is 1. The zero-order valence-electron chi connectivity index (χ0n) is 10.1. The molecule has 0 bridgehead atoms. The lowest BCUT2D eigenvalue weighted by molar-refractivity contribution is 0.123. The quantitative estimate of drug-likeness (QED) is 0.731. The van der Waals surface area contributed by atoms with E-state index in [1.807, 2.05) is 11.3 Å². The average molecular weight is 239 g/mol. The summed E-state index contributed by atoms with van der Waals surface area (Å²) in [6.45, 7) is 6.11. The Labute approximate surface area is 102 Å². The lowest BCUT2D eigenvalue weighted by atomic mass is 10.2. The molecule has 0 saturated carbocycles. The van der Waals surface area contributed by atoms with Gasteiger partial charge in [0, 0.05) is 18.0 Å². The molecule has 3 heteroatoms. The Morgan fingerprint density at radius 2 is 2.06 bits per heavy atom. The first-order chi connectivity index (χ1) is 7.90. The summed E-state index contributed by atoms with van der Waals surface area (Å²) < 4.78 is 5.37. The van der Waals surface area contributed by atoms with Gasteiger partial charge in [0.2, 0.25) is 0 Å². The molecule has 0 aliphatic carbocycles. The summed E-state index contributed by atoms with van der Waals surface area (Å²) in [4.78, 5) is 3.98. The smallest absolute Gasteiger partial charge is 0.0912 e. The highest BCUT2D eigenvalue weighted by molar-refractivity contribution is 7.16. The number of hydrogen-bond acceptors (Lipinski definition) is 3. The van der Waals surface area contributed by atoms with Crippen molar-refractivity contribution in [3.8, 4) is 0 Å². The van der Waals surface area contributed by atoms with Gasteiger partial charge in [-0.1, -0.05) is 19.8 Å². The van der Waals surface area contributed by atoms with Crippen LogP contribution in [0.1, 0.15) is 31.1 Å². The van der Waals surface area contributed by atoms with E-state index >= 15 is 0 Å². The van der Waals surface area contributed by atoms with Gasteiger partial charge in [0.15, 0.2) is 0 Å². The number of ether oxygens (including phenoxy) is 1. The molecule has 2 nitrogen and oxygen atoms in total. The van der Waals surface area contributed by atoms with Crippen molar-refractivity contribution in [1.29, 1.82) is 0 Å². The van der Waals surface area contributed by atoms with Crippen LogP contribution < -0.4 is 4.90 Å². The Hall–Kier alpha value is -0.540. The van der Waals surface area contributed by atoms with Crippen LogP contribution in [0.25, 0.3) is 0 Å². The van der Waals surface area contributed by atoms with Crippen LogP contribution in [0.2, 0.25) is 0 Å². The molecule has 1 aliphatic rings. The molecule has 0 spiro atoms. The fraction of sp³-hybridized carbons (Fsp3) is 0.692. The van der Waals surface area contributed by atoms with E-state index in [0.29, 0.717) is 0 Å². The number of thiophene rings is 1. The molecule has 1 saturated heterocycles. The van der Waals surface area contributed by atoms with Crippen molar-refractivity contribution in [2.75, 3.05) is 31.2 Å². The normalized spacial score (nSPS) is 16.7. The van der Waals surface area contributed by atoms with Gasteiger partial charge in [0.25, 0.3) is 0 Å². The van der Waals surface area contributed by atoms with Gasteiger partial charge >= 0.3 is 0 Å². The highest BCUT2D eigenvalue weighted by Crippen LogP contribution is 2.27. The van der Waals surface area contributed by atoms with E-state index in [4.69, 9.17) is 4.74 Å². The van der Waals surface area contributed by atoms with E-state index in [-0.39, 0.29) is 0 Å². The summed E-state index contributed by atoms with van der Waals surface area (Å²) in [7, 11) is 0. The molecule has 0 N–H and O–H groups in total. The first kappa shape index (κ1) is 11.9. The second kappa shape index (κ2) is 6.26. The number of hydrogen-bond donors (Lipinski definition) is 0. The Morgan fingerprint density at radius 1 is 1.25 bits per heavy atom. The third kappa shape index (κ3) is 3.22. The van der Waals surface area contributed by atoms with Crippen molar-refractivity contribution in [2.24, 2.45) is 0 Å². The van der Waals surface area contributed by atoms with E-state index in [2.05, 4.69) is 24.0 Å². The SMILES string of the molecule is CCCCCc1ccc(N2CCOCC2)s1. The average Bonchev–Trinajstić information content (AvgIpc) is 2.79. The Morgan fingerprint density at radius 3 is 2.81 bits per heavy atom. The molecular weight excluding hydrogens is 218 g/mol. The van der Waals surface area contributed by atoms with Gasteiger partial charge in [0.05, 0.1) is 18.2 Å². The number of aryl methyl sites for hydroxylation is 1. The van der Waals surface area contributed by atoms with Crippen molar-refractivity contribution < 1.29 is 4.74 Å². The van der Waals surface area contributed by atoms with E-state index in [1.165, 1.54) is 35.6 Å². The minimum absolute atomic E-state index is 0.878. The Kier molecular flexibility index (Phi) is 4.67. The molecule has 1 fully saturated rings. The van der Waals surface area contributed by atoms with Crippen LogP contribution in [0.4, 0.5) is 5.00 Å². The van der Waals surface area contributed by atoms with E-state index in [9.17, 15) is 0 Å². The van der Waals surface area contributed by atoms with Gasteiger partial charge in [-0.15, -0.1) is 11.3 Å². The van der Waals surface area contributed by atoms with Gasteiger partial charge in [0.1, 0.15) is 0 Å². The van der Waals surface area contributed by atoms with Gasteiger partial charge in [-0.05, 0) is 25.0 Å². The van der Waals surface area contributed by atoms with Gasteiger partial charge < -0.3 is 9.64 Å². The van der Waals surface area contributed by atoms with Crippen LogP contribution in [0.15, 0.2) is 12.1 Å². The molecule has 16 heavy (non-hydrogen) atoms. The van der Waals surface area contributed by atoms with Gasteiger partial charge in [-0.3, -0.25) is 0 Å². The van der Waals surface area contributed by atoms with Crippen molar-refractivity contribution in [1.82, 2.24) is 0 Å². The lowest BCUT2D eigenvalue weighted by Gasteiger charge is -2.27. The second-order valence-electron chi connectivity index (χ2n) is 4.30. The van der Waals surface area contributed by atoms with Gasteiger partial charge in [-0.2, -0.15) is 0 Å². The molecule has 0 atom stereocenters. The van der Waals surface area contributed by atoms with E-state index in [0.717, 1.165) is 26.3 Å². The van der Waals surface area contributed by atoms with Crippen LogP contribution in [-0.2, 0) is 11.2 Å². The molecule has 0 aromatic carbocycles. The monoisotopic (exact) mass is 239 g/mol. The predicted octanol–water partition coefficient (Wildman–Crippen LogP) is 3.32. The van der Waals surface area contributed by atoms with Crippen LogP contribution in [0.5, 0.6) is 0 Å². The number of unbranched alkanes of at least 4 members (excludes halogenated alkanes) is 2. The highest BCUT2D eigenvalue weighted by Gasteiger charge is 2.12. The number of nitrogens with zero attached hydrogens (tertiary/aromatic N) is 1. The molecule has 0 radical (unpaired) electrons. The molecule has 0 amide bonds. The van der Waals surface area contributed by atoms with Crippen LogP contribution in [0.3, 0.4) is 0 Å². The lowest BCUT2D eigenvalue weighted by Crippen LogP contribution is -2.35. The van der Waals surface area contributed by atoms with Crippen molar-refractivity contribution in [3.05, 3.63) is 17.0 Å². The summed E-state index contributed by atoms with van der Waals surface area (Å²) in [5.41, 5.74) is 0. The van der Waals surface area contributed by atoms with Crippen molar-refractivity contribution in [2.45, 2.75) is 32.6 Å². The predicted molar refractivity (Wildman–Crippen MR) is 70.6 cm³/mol. The van der Waals surface area contributed by atoms with E-state index < -0.39 is 0 Å². The van der Waals surface area contributed by atoms with Crippen LogP contribution in [0, 0.1) is 0 Å². The maximum atomic E-state index is 5.37. The first-order valence-electron chi connectivity index (χ1n) is 6.31. The molecule has 1 aromatic heterocycles. The zero-order valence-corrected chi connectivity index (χ0v) is 10.9. The Bertz CT molecular complexity index is 305. The van der Waals surface area contributed by atoms with Crippen LogP contribution >= 0.6 is 11.3 Å². The third-order valence-corrected chi connectivity index (χ3v) is 4.20. The summed E-state index contributed by atoms with van der Waals surface area (Å²) >= 11 is 1.96. The summed E-state index contributed by atoms with van der Waals surface area (Å²) in [5, 5.41) is 1.43. The fourth-order valence-corrected chi connectivity index (χ4v) is 3.10. The minimum Gasteiger partial charge on any atom is -0.378 e. The van der Waals surface area contributed by atoms with Crippen molar-refractivity contribution in [3.63, 3.8) is 0 Å². The molecule has 2 heterocycles. The van der Waals surface area contributed by atoms with E-state index in [1.54, 1.807) is 0 Å². The molecule has 1 aliphatic heterocycles. The largest absolute Gasteiger partial charge is 0.378 e. The standard InChI is InChI=1S/C13H21NOS/c1-2-3-4-5-12-6-7-13(16-12)14-8-10-15-11-9-14/h6-7H,2-5,8-11H2,1H3. The topological polar surface area (TPSA) is 12.5 Å². The summed E-state index contributed by atoms with van der Waals surface area (Å²) in [6.07, 6.45) is 5.24. The molecule has 2 rings (SSSR count). The summed E-state index contributed by atoms with van der Waals surface area (Å²) in [5.74, 6) is 0. The molecule has 90 valence electrons. The van der Waals surface area contributed by atoms with Crippen molar-refractivity contribution >= 4 is 16.3 Å². The summed E-state index contributed by atoms with van der Waals surface area (Å²) in [6, 6.07) is 4.57. The minimum atomic E-state index is 0.878. The number of anilines is 1. The highest BCUT2D eigenvalue weighted by atomic mass is 32.1. The van der Waals surface area contributed by atoms with Gasteiger partial charge in [-0.25, -0.2) is 0 Å². The first-order valence-corrected chi connectivity index (χ1v) is 7.13. The fourth-order valence-electron chi connectivity index (χ4n) is 2.00. The zero-order chi connectivity index (χ0) is 11.2. The molecule has 1 aromatic rings. The van der Waals surface area contributed by atoms with Crippen LogP contribution in [-0.4, -0.2) is 26.3 Å². The molecule has 0 unspecified atom stereocenters. The molecular formula is C13H21NOS. The second-order valence-corrected chi connectivity index (χ2v) is 5.44.